The molecule has 3 amide bonds. The maximum atomic E-state index is 13.1. The summed E-state index contributed by atoms with van der Waals surface area (Å²) in [5.41, 5.74) is 6.60. The molecule has 4 unspecified atom stereocenters. The Morgan fingerprint density at radius 1 is 0.939 bits per heavy atom. The van der Waals surface area contributed by atoms with E-state index in [1.165, 1.54) is 30.8 Å². The molecule has 0 bridgehead atoms. The van der Waals surface area contributed by atoms with Crippen LogP contribution in [0.2, 0.25) is 0 Å². The van der Waals surface area contributed by atoms with E-state index >= 15 is 0 Å². The minimum absolute atomic E-state index is 0.0620. The molecule has 7 N–H and O–H groups in total. The number of thioether (sulfide) groups is 1. The summed E-state index contributed by atoms with van der Waals surface area (Å²) >= 11 is 1.47. The van der Waals surface area contributed by atoms with E-state index in [1.54, 1.807) is 26.0 Å². The molecule has 0 spiro atoms. The van der Waals surface area contributed by atoms with Crippen molar-refractivity contribution in [2.75, 3.05) is 12.0 Å². The van der Waals surface area contributed by atoms with Gasteiger partial charge in [0.1, 0.15) is 23.9 Å². The van der Waals surface area contributed by atoms with Gasteiger partial charge in [0.15, 0.2) is 0 Å². The second-order valence-corrected chi connectivity index (χ2v) is 9.10. The number of amides is 3. The van der Waals surface area contributed by atoms with Gasteiger partial charge >= 0.3 is 5.97 Å². The number of aromatic hydroxyl groups is 1. The zero-order chi connectivity index (χ0) is 25.1. The van der Waals surface area contributed by atoms with Crippen molar-refractivity contribution in [1.82, 2.24) is 16.0 Å². The van der Waals surface area contributed by atoms with Gasteiger partial charge in [-0.25, -0.2) is 0 Å². The van der Waals surface area contributed by atoms with Gasteiger partial charge in [-0.15, -0.1) is 0 Å². The fraction of sp³-hybridized carbons (Fsp3) is 0.545. The highest BCUT2D eigenvalue weighted by Gasteiger charge is 2.30. The molecule has 0 heterocycles. The predicted octanol–water partition coefficient (Wildman–Crippen LogP) is 0.230. The number of hydrogen-bond acceptors (Lipinski definition) is 7. The SMILES string of the molecule is CSCCC(NC(=O)C(Cc1ccc(O)cc1)NC(=O)C(N)C(C)C)C(=O)NC(C)C(=O)O. The fourth-order valence-corrected chi connectivity index (χ4v) is 3.27. The summed E-state index contributed by atoms with van der Waals surface area (Å²) in [5.74, 6) is -2.47. The van der Waals surface area contributed by atoms with Gasteiger partial charge in [-0.05, 0) is 49.0 Å². The van der Waals surface area contributed by atoms with Crippen LogP contribution in [-0.2, 0) is 25.6 Å². The van der Waals surface area contributed by atoms with Crippen molar-refractivity contribution in [3.05, 3.63) is 29.8 Å². The van der Waals surface area contributed by atoms with Gasteiger partial charge in [-0.1, -0.05) is 26.0 Å². The van der Waals surface area contributed by atoms with Gasteiger partial charge in [0.05, 0.1) is 6.04 Å². The molecule has 11 heteroatoms. The molecule has 10 nitrogen and oxygen atoms in total. The van der Waals surface area contributed by atoms with E-state index in [4.69, 9.17) is 10.8 Å². The summed E-state index contributed by atoms with van der Waals surface area (Å²) in [6.45, 7) is 4.90. The molecular formula is C22H34N4O6S. The molecule has 184 valence electrons. The molecule has 0 fully saturated rings. The highest BCUT2D eigenvalue weighted by molar-refractivity contribution is 7.98. The number of carbonyl (C=O) groups is 4. The van der Waals surface area contributed by atoms with Crippen molar-refractivity contribution in [2.24, 2.45) is 11.7 Å². The number of carbonyl (C=O) groups excluding carboxylic acids is 3. The van der Waals surface area contributed by atoms with Gasteiger partial charge in [-0.3, -0.25) is 19.2 Å². The van der Waals surface area contributed by atoms with Crippen molar-refractivity contribution >= 4 is 35.5 Å². The molecule has 0 aliphatic heterocycles. The lowest BCUT2D eigenvalue weighted by atomic mass is 10.0. The summed E-state index contributed by atoms with van der Waals surface area (Å²) in [6.07, 6.45) is 2.22. The number of benzene rings is 1. The van der Waals surface area contributed by atoms with E-state index < -0.39 is 47.9 Å². The Morgan fingerprint density at radius 3 is 2.00 bits per heavy atom. The van der Waals surface area contributed by atoms with E-state index in [1.807, 2.05) is 6.26 Å². The van der Waals surface area contributed by atoms with Crippen molar-refractivity contribution in [3.63, 3.8) is 0 Å². The second-order valence-electron chi connectivity index (χ2n) is 8.11. The summed E-state index contributed by atoms with van der Waals surface area (Å²) in [7, 11) is 0. The van der Waals surface area contributed by atoms with E-state index in [2.05, 4.69) is 16.0 Å². The first kappa shape index (κ1) is 28.2. The van der Waals surface area contributed by atoms with Crippen LogP contribution >= 0.6 is 11.8 Å². The predicted molar refractivity (Wildman–Crippen MR) is 127 cm³/mol. The lowest BCUT2D eigenvalue weighted by Gasteiger charge is -2.25. The second kappa shape index (κ2) is 13.7. The van der Waals surface area contributed by atoms with Gasteiger partial charge < -0.3 is 31.9 Å². The van der Waals surface area contributed by atoms with Crippen LogP contribution in [-0.4, -0.2) is 70.1 Å². The van der Waals surface area contributed by atoms with Crippen molar-refractivity contribution < 1.29 is 29.4 Å². The third kappa shape index (κ3) is 9.70. The highest BCUT2D eigenvalue weighted by atomic mass is 32.2. The lowest BCUT2D eigenvalue weighted by Crippen LogP contribution is -2.58. The first-order chi connectivity index (χ1) is 15.5. The minimum atomic E-state index is -1.20. The van der Waals surface area contributed by atoms with Crippen LogP contribution in [0, 0.1) is 5.92 Å². The van der Waals surface area contributed by atoms with Crippen LogP contribution < -0.4 is 21.7 Å². The van der Waals surface area contributed by atoms with Crippen LogP contribution in [0.5, 0.6) is 5.75 Å². The minimum Gasteiger partial charge on any atom is -0.508 e. The Morgan fingerprint density at radius 2 is 1.48 bits per heavy atom. The quantitative estimate of drug-likeness (QED) is 0.232. The number of carboxylic acids is 1. The molecule has 0 aliphatic carbocycles. The summed E-state index contributed by atoms with van der Waals surface area (Å²) < 4.78 is 0. The number of nitrogens with one attached hydrogen (secondary N) is 3. The van der Waals surface area contributed by atoms with E-state index in [-0.39, 0.29) is 24.5 Å². The standard InChI is InChI=1S/C22H34N4O6S/c1-12(2)18(23)21(30)26-17(11-14-5-7-15(27)8-6-14)20(29)25-16(9-10-33-4)19(28)24-13(3)22(31)32/h5-8,12-13,16-18,27H,9-11,23H2,1-4H3,(H,24,28)(H,25,29)(H,26,30)(H,31,32). The summed E-state index contributed by atoms with van der Waals surface area (Å²) in [4.78, 5) is 49.4. The molecule has 0 radical (unpaired) electrons. The number of aliphatic carboxylic acids is 1. The normalized spacial score (nSPS) is 14.6. The number of nitrogens with two attached hydrogens (primary N) is 1. The fourth-order valence-electron chi connectivity index (χ4n) is 2.80. The monoisotopic (exact) mass is 482 g/mol. The molecule has 0 saturated carbocycles. The Hall–Kier alpha value is -2.79. The van der Waals surface area contributed by atoms with Crippen molar-refractivity contribution in [2.45, 2.75) is 57.8 Å². The summed E-state index contributed by atoms with van der Waals surface area (Å²) in [6, 6.07) is 2.21. The number of phenolic OH excluding ortho intramolecular Hbond substituents is 1. The van der Waals surface area contributed by atoms with E-state index in [0.29, 0.717) is 11.3 Å². The summed E-state index contributed by atoms with van der Waals surface area (Å²) in [5, 5.41) is 26.2. The van der Waals surface area contributed by atoms with Crippen LogP contribution in [0.15, 0.2) is 24.3 Å². The van der Waals surface area contributed by atoms with Crippen molar-refractivity contribution in [3.8, 4) is 5.75 Å². The highest BCUT2D eigenvalue weighted by Crippen LogP contribution is 2.12. The first-order valence-electron chi connectivity index (χ1n) is 10.6. The van der Waals surface area contributed by atoms with Crippen LogP contribution in [0.4, 0.5) is 0 Å². The van der Waals surface area contributed by atoms with Crippen LogP contribution in [0.25, 0.3) is 0 Å². The molecule has 33 heavy (non-hydrogen) atoms. The lowest BCUT2D eigenvalue weighted by molar-refractivity contribution is -0.141. The number of carboxylic acid groups (broad SMARTS) is 1. The first-order valence-corrected chi connectivity index (χ1v) is 12.0. The van der Waals surface area contributed by atoms with E-state index in [0.717, 1.165) is 0 Å². The third-order valence-electron chi connectivity index (χ3n) is 5.00. The molecular weight excluding hydrogens is 448 g/mol. The van der Waals surface area contributed by atoms with Gasteiger partial charge in [0.2, 0.25) is 17.7 Å². The van der Waals surface area contributed by atoms with Gasteiger partial charge in [0, 0.05) is 6.42 Å². The third-order valence-corrected chi connectivity index (χ3v) is 5.65. The molecule has 1 aromatic carbocycles. The zero-order valence-electron chi connectivity index (χ0n) is 19.3. The smallest absolute Gasteiger partial charge is 0.325 e. The van der Waals surface area contributed by atoms with Gasteiger partial charge in [0.25, 0.3) is 0 Å². The maximum Gasteiger partial charge on any atom is 0.325 e. The molecule has 1 rings (SSSR count). The Bertz CT molecular complexity index is 818. The van der Waals surface area contributed by atoms with Crippen molar-refractivity contribution in [1.29, 1.82) is 0 Å². The van der Waals surface area contributed by atoms with E-state index in [9.17, 15) is 24.3 Å². The topological polar surface area (TPSA) is 171 Å². The molecule has 4 atom stereocenters. The van der Waals surface area contributed by atoms with Crippen LogP contribution in [0.1, 0.15) is 32.8 Å². The van der Waals surface area contributed by atoms with Crippen LogP contribution in [0.3, 0.4) is 0 Å². The Kier molecular flexibility index (Phi) is 11.7. The van der Waals surface area contributed by atoms with Gasteiger partial charge in [-0.2, -0.15) is 11.8 Å². The largest absolute Gasteiger partial charge is 0.508 e. The number of rotatable bonds is 13. The average Bonchev–Trinajstić information content (AvgIpc) is 2.76. The maximum absolute atomic E-state index is 13.1. The molecule has 0 saturated heterocycles. The molecule has 1 aromatic rings. The Balaban J connectivity index is 3.07. The molecule has 0 aliphatic rings. The number of phenols is 1. The number of hydrogen-bond donors (Lipinski definition) is 6. The Labute approximate surface area is 198 Å². The zero-order valence-corrected chi connectivity index (χ0v) is 20.1. The average molecular weight is 483 g/mol. The molecule has 0 aromatic heterocycles.